The average molecular weight is 469 g/mol. The summed E-state index contributed by atoms with van der Waals surface area (Å²) in [5, 5.41) is 0. The van der Waals surface area contributed by atoms with Gasteiger partial charge in [-0.1, -0.05) is 0 Å². The third-order valence-electron chi connectivity index (χ3n) is 3.47. The van der Waals surface area contributed by atoms with E-state index in [9.17, 15) is 0 Å². The van der Waals surface area contributed by atoms with Gasteiger partial charge in [-0.2, -0.15) is 0 Å². The van der Waals surface area contributed by atoms with Gasteiger partial charge in [0, 0.05) is 0 Å². The van der Waals surface area contributed by atoms with Crippen LogP contribution < -0.4 is 30.1 Å². The molecular formula is C19H26IO2Si2-. The van der Waals surface area contributed by atoms with Crippen molar-refractivity contribution in [3.8, 4) is 11.5 Å². The van der Waals surface area contributed by atoms with E-state index in [4.69, 9.17) is 8.85 Å². The van der Waals surface area contributed by atoms with Gasteiger partial charge in [0.1, 0.15) is 0 Å². The molecule has 1 heterocycles. The molecule has 0 fully saturated rings. The van der Waals surface area contributed by atoms with Gasteiger partial charge in [0.15, 0.2) is 0 Å². The van der Waals surface area contributed by atoms with Gasteiger partial charge in [0.2, 0.25) is 0 Å². The van der Waals surface area contributed by atoms with Crippen molar-refractivity contribution < 1.29 is 30.1 Å². The first-order chi connectivity index (χ1) is 11.1. The Morgan fingerprint density at radius 3 is 1.50 bits per heavy atom. The Labute approximate surface area is 158 Å². The van der Waals surface area contributed by atoms with E-state index in [0.717, 1.165) is 17.9 Å². The molecule has 2 nitrogen and oxygen atoms in total. The van der Waals surface area contributed by atoms with Crippen LogP contribution in [-0.2, 0) is 6.42 Å². The Bertz CT molecular complexity index is 697. The molecule has 5 heteroatoms. The zero-order chi connectivity index (χ0) is 17.5. The summed E-state index contributed by atoms with van der Waals surface area (Å²) in [5.41, 5.74) is 2.88. The molecule has 24 heavy (non-hydrogen) atoms. The van der Waals surface area contributed by atoms with Gasteiger partial charge in [-0.15, -0.1) is 0 Å². The fraction of sp³-hybridized carbons (Fsp3) is 0.368. The van der Waals surface area contributed by atoms with E-state index in [1.54, 1.807) is 0 Å². The Kier molecular flexibility index (Phi) is 4.87. The van der Waals surface area contributed by atoms with Crippen LogP contribution in [0.5, 0.6) is 11.5 Å². The molecule has 1 aliphatic heterocycles. The summed E-state index contributed by atoms with van der Waals surface area (Å²) in [6.45, 7) is 13.4. The van der Waals surface area contributed by atoms with Crippen molar-refractivity contribution in [2.75, 3.05) is 0 Å². The molecule has 0 saturated heterocycles. The van der Waals surface area contributed by atoms with Crippen molar-refractivity contribution in [2.24, 2.45) is 0 Å². The fourth-order valence-corrected chi connectivity index (χ4v) is 7.11. The normalized spacial score (nSPS) is 14.2. The van der Waals surface area contributed by atoms with E-state index >= 15 is 0 Å². The first kappa shape index (κ1) is 18.0. The molecule has 0 radical (unpaired) electrons. The monoisotopic (exact) mass is 469 g/mol. The molecule has 0 N–H and O–H groups in total. The number of benzene rings is 2. The quantitative estimate of drug-likeness (QED) is 0.431. The summed E-state index contributed by atoms with van der Waals surface area (Å²) >= 11 is -0.107. The van der Waals surface area contributed by atoms with Crippen LogP contribution in [-0.4, -0.2) is 16.6 Å². The summed E-state index contributed by atoms with van der Waals surface area (Å²) in [6, 6.07) is 13.4. The minimum atomic E-state index is -1.56. The summed E-state index contributed by atoms with van der Waals surface area (Å²) in [6.07, 6.45) is 0.996. The topological polar surface area (TPSA) is 18.5 Å². The van der Waals surface area contributed by atoms with E-state index in [1.165, 1.54) is 18.3 Å². The molecule has 0 amide bonds. The summed E-state index contributed by atoms with van der Waals surface area (Å²) in [7, 11) is -3.11. The average Bonchev–Trinajstić information content (AvgIpc) is 2.41. The zero-order valence-corrected chi connectivity index (χ0v) is 19.5. The molecule has 1 aliphatic rings. The molecule has 0 unspecified atom stereocenters. The molecule has 130 valence electrons. The molecule has 3 rings (SSSR count). The van der Waals surface area contributed by atoms with Gasteiger partial charge < -0.3 is 0 Å². The van der Waals surface area contributed by atoms with Crippen LogP contribution in [0.15, 0.2) is 36.4 Å². The molecule has 0 aliphatic carbocycles. The van der Waals surface area contributed by atoms with Gasteiger partial charge in [0.05, 0.1) is 0 Å². The molecule has 2 aromatic rings. The Morgan fingerprint density at radius 2 is 1.12 bits per heavy atom. The van der Waals surface area contributed by atoms with Gasteiger partial charge in [-0.3, -0.25) is 0 Å². The van der Waals surface area contributed by atoms with Crippen molar-refractivity contribution in [3.05, 3.63) is 54.7 Å². The third kappa shape index (κ3) is 4.64. The number of hydrogen-bond acceptors (Lipinski definition) is 2. The maximum absolute atomic E-state index is 6.18. The standard InChI is InChI=1S/C19H26IO2Si2/c1-23(2,3)21-16-7-9-18-14(12-16)11-15-13-17(22-24(4,5)6)8-10-19(15)20-18/h7-10,12-13H,11H2,1-6H3/q-1. The van der Waals surface area contributed by atoms with E-state index in [1.807, 2.05) is 0 Å². The predicted molar refractivity (Wildman–Crippen MR) is 101 cm³/mol. The van der Waals surface area contributed by atoms with Crippen LogP contribution in [0.25, 0.3) is 0 Å². The van der Waals surface area contributed by atoms with Crippen molar-refractivity contribution in [1.82, 2.24) is 0 Å². The first-order valence-corrected chi connectivity index (χ1v) is 17.4. The molecule has 0 saturated carbocycles. The Balaban J connectivity index is 1.86. The van der Waals surface area contributed by atoms with Crippen LogP contribution in [0, 0.1) is 7.14 Å². The van der Waals surface area contributed by atoms with Crippen LogP contribution >= 0.6 is 0 Å². The van der Waals surface area contributed by atoms with E-state index in [2.05, 4.69) is 75.7 Å². The van der Waals surface area contributed by atoms with Crippen LogP contribution in [0.2, 0.25) is 39.3 Å². The second-order valence-corrected chi connectivity index (χ2v) is 19.9. The molecule has 2 aromatic carbocycles. The van der Waals surface area contributed by atoms with Crippen molar-refractivity contribution >= 4 is 16.6 Å². The maximum atomic E-state index is 6.18. The van der Waals surface area contributed by atoms with Crippen LogP contribution in [0.3, 0.4) is 0 Å². The molecule has 0 spiro atoms. The molecule has 0 atom stereocenters. The molecular weight excluding hydrogens is 443 g/mol. The molecule has 0 aromatic heterocycles. The number of hydrogen-bond donors (Lipinski definition) is 0. The minimum absolute atomic E-state index is 0.107. The second-order valence-electron chi connectivity index (χ2n) is 8.21. The number of halogens is 1. The summed E-state index contributed by atoms with van der Waals surface area (Å²) in [5.74, 6) is 2.07. The first-order valence-electron chi connectivity index (χ1n) is 8.38. The van der Waals surface area contributed by atoms with Crippen molar-refractivity contribution in [1.29, 1.82) is 0 Å². The number of rotatable bonds is 4. The Morgan fingerprint density at radius 1 is 0.708 bits per heavy atom. The van der Waals surface area contributed by atoms with Gasteiger partial charge in [0.25, 0.3) is 0 Å². The number of fused-ring (bicyclic) bond motifs is 2. The SMILES string of the molecule is C[Si](C)(C)Oc1ccc2c(c1)Cc1cc(O[Si](C)(C)C)ccc1[I-]2. The zero-order valence-electron chi connectivity index (χ0n) is 15.4. The summed E-state index contributed by atoms with van der Waals surface area (Å²) in [4.78, 5) is 0. The Hall–Kier alpha value is -0.796. The van der Waals surface area contributed by atoms with E-state index in [0.29, 0.717) is 0 Å². The van der Waals surface area contributed by atoms with Crippen molar-refractivity contribution in [2.45, 2.75) is 45.7 Å². The summed E-state index contributed by atoms with van der Waals surface area (Å²) < 4.78 is 15.4. The van der Waals surface area contributed by atoms with E-state index in [-0.39, 0.29) is 21.2 Å². The van der Waals surface area contributed by atoms with Crippen LogP contribution in [0.1, 0.15) is 11.1 Å². The fourth-order valence-electron chi connectivity index (χ4n) is 2.71. The van der Waals surface area contributed by atoms with Crippen molar-refractivity contribution in [3.63, 3.8) is 0 Å². The molecule has 0 bridgehead atoms. The van der Waals surface area contributed by atoms with Gasteiger partial charge >= 0.3 is 159 Å². The van der Waals surface area contributed by atoms with Crippen LogP contribution in [0.4, 0.5) is 0 Å². The van der Waals surface area contributed by atoms with E-state index < -0.39 is 16.6 Å². The third-order valence-corrected chi connectivity index (χ3v) is 8.43. The van der Waals surface area contributed by atoms with Gasteiger partial charge in [-0.05, 0) is 0 Å². The van der Waals surface area contributed by atoms with Gasteiger partial charge in [-0.25, -0.2) is 0 Å². The predicted octanol–water partition coefficient (Wildman–Crippen LogP) is 2.15. The second kappa shape index (κ2) is 6.50.